The monoisotopic (exact) mass is 396 g/mol. The first kappa shape index (κ1) is 17.8. The lowest BCUT2D eigenvalue weighted by Crippen LogP contribution is -2.63. The topological polar surface area (TPSA) is 74.3 Å². The SMILES string of the molecule is O=C(Nc1ccc(C(=O)N2CC3(CC(c4ccncc4)C3)C2)s1)[C@@H]1CCCN1. The molecule has 1 spiro atoms. The van der Waals surface area contributed by atoms with Crippen molar-refractivity contribution in [2.45, 2.75) is 37.6 Å². The minimum atomic E-state index is -0.108. The Hall–Kier alpha value is -2.25. The largest absolute Gasteiger partial charge is 0.337 e. The van der Waals surface area contributed by atoms with Crippen LogP contribution in [-0.4, -0.2) is 47.4 Å². The highest BCUT2D eigenvalue weighted by Crippen LogP contribution is 2.56. The average molecular weight is 397 g/mol. The molecule has 28 heavy (non-hydrogen) atoms. The molecule has 6 nitrogen and oxygen atoms in total. The lowest BCUT2D eigenvalue weighted by atomic mass is 9.56. The molecule has 5 rings (SSSR count). The van der Waals surface area contributed by atoms with E-state index in [-0.39, 0.29) is 17.9 Å². The van der Waals surface area contributed by atoms with Crippen molar-refractivity contribution in [3.8, 4) is 0 Å². The van der Waals surface area contributed by atoms with Crippen LogP contribution in [0.4, 0.5) is 5.00 Å². The van der Waals surface area contributed by atoms with Crippen molar-refractivity contribution in [1.82, 2.24) is 15.2 Å². The second kappa shape index (κ2) is 6.97. The Balaban J connectivity index is 1.13. The quantitative estimate of drug-likeness (QED) is 0.833. The highest BCUT2D eigenvalue weighted by molar-refractivity contribution is 7.18. The third-order valence-electron chi connectivity index (χ3n) is 6.32. The standard InChI is InChI=1S/C21H24N4O2S/c26-19(16-2-1-7-23-16)24-18-4-3-17(28-18)20(27)25-12-21(13-25)10-15(11-21)14-5-8-22-9-6-14/h3-6,8-9,15-16,23H,1-2,7,10-13H2,(H,24,26)/t16-/m0/s1. The Bertz CT molecular complexity index is 877. The Labute approximate surface area is 168 Å². The maximum absolute atomic E-state index is 12.8. The molecule has 3 fully saturated rings. The van der Waals surface area contributed by atoms with Crippen molar-refractivity contribution in [2.24, 2.45) is 5.41 Å². The van der Waals surface area contributed by atoms with Crippen molar-refractivity contribution in [2.75, 3.05) is 25.0 Å². The van der Waals surface area contributed by atoms with Crippen LogP contribution in [0.5, 0.6) is 0 Å². The molecule has 1 saturated carbocycles. The van der Waals surface area contributed by atoms with E-state index in [4.69, 9.17) is 0 Å². The summed E-state index contributed by atoms with van der Waals surface area (Å²) in [7, 11) is 0. The molecule has 2 N–H and O–H groups in total. The summed E-state index contributed by atoms with van der Waals surface area (Å²) in [5.74, 6) is 0.688. The molecule has 0 radical (unpaired) electrons. The minimum absolute atomic E-state index is 0.00197. The molecule has 2 aromatic heterocycles. The summed E-state index contributed by atoms with van der Waals surface area (Å²) in [6.45, 7) is 2.59. The number of nitrogens with one attached hydrogen (secondary N) is 2. The number of thiophene rings is 1. The van der Waals surface area contributed by atoms with E-state index in [9.17, 15) is 9.59 Å². The maximum Gasteiger partial charge on any atom is 0.264 e. The second-order valence-corrected chi connectivity index (χ2v) is 9.43. The van der Waals surface area contributed by atoms with E-state index in [2.05, 4.69) is 27.8 Å². The zero-order valence-corrected chi connectivity index (χ0v) is 16.5. The number of nitrogens with zero attached hydrogens (tertiary/aromatic N) is 2. The summed E-state index contributed by atoms with van der Waals surface area (Å²) in [4.78, 5) is 31.7. The zero-order chi connectivity index (χ0) is 19.1. The number of hydrogen-bond donors (Lipinski definition) is 2. The van der Waals surface area contributed by atoms with E-state index >= 15 is 0 Å². The van der Waals surface area contributed by atoms with Gasteiger partial charge in [-0.25, -0.2) is 0 Å². The molecule has 1 aliphatic carbocycles. The van der Waals surface area contributed by atoms with Crippen molar-refractivity contribution < 1.29 is 9.59 Å². The number of carbonyl (C=O) groups excluding carboxylic acids is 2. The third kappa shape index (κ3) is 3.22. The van der Waals surface area contributed by atoms with Crippen molar-refractivity contribution >= 4 is 28.2 Å². The van der Waals surface area contributed by atoms with E-state index in [1.54, 1.807) is 0 Å². The number of pyridine rings is 1. The molecule has 4 heterocycles. The normalized spacial score (nSPS) is 23.3. The van der Waals surface area contributed by atoms with Gasteiger partial charge >= 0.3 is 0 Å². The smallest absolute Gasteiger partial charge is 0.264 e. The van der Waals surface area contributed by atoms with Crippen LogP contribution in [0.15, 0.2) is 36.7 Å². The van der Waals surface area contributed by atoms with Gasteiger partial charge in [0.2, 0.25) is 5.91 Å². The van der Waals surface area contributed by atoms with E-state index in [0.29, 0.717) is 16.2 Å². The van der Waals surface area contributed by atoms with Gasteiger partial charge in [0.05, 0.1) is 15.9 Å². The molecule has 2 amide bonds. The maximum atomic E-state index is 12.8. The summed E-state index contributed by atoms with van der Waals surface area (Å²) in [6.07, 6.45) is 7.92. The van der Waals surface area contributed by atoms with E-state index in [0.717, 1.165) is 50.3 Å². The molecule has 0 aromatic carbocycles. The summed E-state index contributed by atoms with van der Waals surface area (Å²) >= 11 is 1.37. The second-order valence-electron chi connectivity index (χ2n) is 8.35. The molecular formula is C21H24N4O2S. The lowest BCUT2D eigenvalue weighted by Gasteiger charge is -2.59. The van der Waals surface area contributed by atoms with Crippen LogP contribution < -0.4 is 10.6 Å². The predicted octanol–water partition coefficient (Wildman–Crippen LogP) is 2.85. The van der Waals surface area contributed by atoms with Gasteiger partial charge in [-0.2, -0.15) is 0 Å². The Morgan fingerprint density at radius 3 is 2.68 bits per heavy atom. The highest BCUT2D eigenvalue weighted by atomic mass is 32.1. The van der Waals surface area contributed by atoms with Crippen LogP contribution in [0.2, 0.25) is 0 Å². The van der Waals surface area contributed by atoms with E-state index in [1.165, 1.54) is 16.9 Å². The van der Waals surface area contributed by atoms with Crippen molar-refractivity contribution in [3.63, 3.8) is 0 Å². The fourth-order valence-electron chi connectivity index (χ4n) is 4.81. The van der Waals surface area contributed by atoms with Gasteiger partial charge in [-0.1, -0.05) is 0 Å². The van der Waals surface area contributed by atoms with Gasteiger partial charge in [-0.3, -0.25) is 14.6 Å². The van der Waals surface area contributed by atoms with Crippen LogP contribution in [0.1, 0.15) is 46.8 Å². The summed E-state index contributed by atoms with van der Waals surface area (Å²) in [5.41, 5.74) is 1.67. The summed E-state index contributed by atoms with van der Waals surface area (Å²) in [5, 5.41) is 6.88. The Morgan fingerprint density at radius 1 is 1.18 bits per heavy atom. The van der Waals surface area contributed by atoms with Gasteiger partial charge in [0.15, 0.2) is 0 Å². The van der Waals surface area contributed by atoms with Crippen molar-refractivity contribution in [1.29, 1.82) is 0 Å². The van der Waals surface area contributed by atoms with Gasteiger partial charge < -0.3 is 15.5 Å². The third-order valence-corrected chi connectivity index (χ3v) is 7.30. The highest BCUT2D eigenvalue weighted by Gasteiger charge is 2.53. The van der Waals surface area contributed by atoms with Crippen LogP contribution in [0.3, 0.4) is 0 Å². The summed E-state index contributed by atoms with van der Waals surface area (Å²) in [6, 6.07) is 7.76. The molecule has 3 aliphatic rings. The van der Waals surface area contributed by atoms with Crippen LogP contribution in [-0.2, 0) is 4.79 Å². The average Bonchev–Trinajstić information content (AvgIpc) is 3.32. The molecule has 146 valence electrons. The van der Waals surface area contributed by atoms with Gasteiger partial charge in [0.25, 0.3) is 5.91 Å². The minimum Gasteiger partial charge on any atom is -0.337 e. The van der Waals surface area contributed by atoms with Gasteiger partial charge in [-0.15, -0.1) is 11.3 Å². The van der Waals surface area contributed by atoms with Gasteiger partial charge in [-0.05, 0) is 68.0 Å². The molecule has 2 aliphatic heterocycles. The van der Waals surface area contributed by atoms with Crippen molar-refractivity contribution in [3.05, 3.63) is 47.1 Å². The van der Waals surface area contributed by atoms with Gasteiger partial charge in [0, 0.05) is 30.9 Å². The zero-order valence-electron chi connectivity index (χ0n) is 15.7. The van der Waals surface area contributed by atoms with Crippen LogP contribution in [0, 0.1) is 5.41 Å². The summed E-state index contributed by atoms with van der Waals surface area (Å²) < 4.78 is 0. The number of hydrogen-bond acceptors (Lipinski definition) is 5. The fraction of sp³-hybridized carbons (Fsp3) is 0.476. The number of rotatable bonds is 4. The molecule has 0 bridgehead atoms. The predicted molar refractivity (Wildman–Crippen MR) is 109 cm³/mol. The Kier molecular flexibility index (Phi) is 4.44. The van der Waals surface area contributed by atoms with Crippen LogP contribution >= 0.6 is 11.3 Å². The van der Waals surface area contributed by atoms with E-state index in [1.807, 2.05) is 29.4 Å². The number of carbonyl (C=O) groups is 2. The number of aromatic nitrogens is 1. The van der Waals surface area contributed by atoms with E-state index < -0.39 is 0 Å². The number of likely N-dealkylation sites (tertiary alicyclic amines) is 1. The first-order valence-electron chi connectivity index (χ1n) is 9.95. The number of amides is 2. The molecule has 2 aromatic rings. The van der Waals surface area contributed by atoms with Crippen LogP contribution in [0.25, 0.3) is 0 Å². The number of anilines is 1. The molecule has 7 heteroatoms. The first-order valence-corrected chi connectivity index (χ1v) is 10.8. The Morgan fingerprint density at radius 2 is 1.96 bits per heavy atom. The lowest BCUT2D eigenvalue weighted by molar-refractivity contribution is -0.117. The molecule has 2 saturated heterocycles. The molecule has 0 unspecified atom stereocenters. The van der Waals surface area contributed by atoms with Gasteiger partial charge in [0.1, 0.15) is 0 Å². The first-order chi connectivity index (χ1) is 13.6. The fourth-order valence-corrected chi connectivity index (χ4v) is 5.69. The molecule has 1 atom stereocenters. The molecular weight excluding hydrogens is 372 g/mol.